The van der Waals surface area contributed by atoms with Crippen LogP contribution in [0.2, 0.25) is 0 Å². The Hall–Kier alpha value is -0.790. The third-order valence-corrected chi connectivity index (χ3v) is 2.78. The van der Waals surface area contributed by atoms with Gasteiger partial charge in [0.25, 0.3) is 0 Å². The quantitative estimate of drug-likeness (QED) is 0.785. The van der Waals surface area contributed by atoms with Crippen molar-refractivity contribution < 1.29 is 0 Å². The van der Waals surface area contributed by atoms with Gasteiger partial charge in [0.15, 0.2) is 0 Å². The largest absolute Gasteiger partial charge is 0.282 e. The highest BCUT2D eigenvalue weighted by Gasteiger charge is 2.20. The molecule has 1 N–H and O–H groups in total. The Kier molecular flexibility index (Phi) is 3.35. The highest BCUT2D eigenvalue weighted by atomic mass is 15.1. The molecule has 0 aliphatic rings. The molecule has 0 saturated carbocycles. The van der Waals surface area contributed by atoms with Crippen LogP contribution in [0.5, 0.6) is 0 Å². The molecule has 0 aliphatic carbocycles. The average Bonchev–Trinajstić information content (AvgIpc) is 2.51. The predicted octanol–water partition coefficient (Wildman–Crippen LogP) is 3.30. The van der Waals surface area contributed by atoms with E-state index >= 15 is 0 Å². The second-order valence-electron chi connectivity index (χ2n) is 5.23. The van der Waals surface area contributed by atoms with Gasteiger partial charge in [-0.25, -0.2) is 0 Å². The van der Waals surface area contributed by atoms with Crippen LogP contribution in [0.4, 0.5) is 0 Å². The number of aromatic amines is 1. The van der Waals surface area contributed by atoms with Gasteiger partial charge in [-0.15, -0.1) is 0 Å². The van der Waals surface area contributed by atoms with Gasteiger partial charge in [0.2, 0.25) is 0 Å². The lowest BCUT2D eigenvalue weighted by molar-refractivity contribution is 0.530. The smallest absolute Gasteiger partial charge is 0.0527 e. The van der Waals surface area contributed by atoms with Crippen LogP contribution in [-0.4, -0.2) is 10.2 Å². The molecule has 1 aromatic heterocycles. The van der Waals surface area contributed by atoms with Gasteiger partial charge in [0, 0.05) is 5.69 Å². The summed E-state index contributed by atoms with van der Waals surface area (Å²) in [6.45, 7) is 11.2. The molecule has 1 unspecified atom stereocenters. The maximum atomic E-state index is 4.15. The molecule has 0 spiro atoms. The number of H-pyrrole nitrogens is 1. The number of hydrogen-bond donors (Lipinski definition) is 1. The molecule has 80 valence electrons. The molecule has 0 bridgehead atoms. The van der Waals surface area contributed by atoms with Gasteiger partial charge in [-0.1, -0.05) is 41.0 Å². The van der Waals surface area contributed by atoms with Crippen molar-refractivity contribution >= 4 is 0 Å². The van der Waals surface area contributed by atoms with Crippen LogP contribution in [0, 0.1) is 5.92 Å². The molecule has 0 saturated heterocycles. The molecular formula is C12H22N2. The zero-order chi connectivity index (χ0) is 10.8. The van der Waals surface area contributed by atoms with E-state index in [9.17, 15) is 0 Å². The first-order valence-corrected chi connectivity index (χ1v) is 5.47. The average molecular weight is 194 g/mol. The van der Waals surface area contributed by atoms with E-state index in [1.54, 1.807) is 0 Å². The van der Waals surface area contributed by atoms with Crippen LogP contribution in [0.1, 0.15) is 52.3 Å². The molecular weight excluding hydrogens is 172 g/mol. The van der Waals surface area contributed by atoms with E-state index in [-0.39, 0.29) is 5.41 Å². The lowest BCUT2D eigenvalue weighted by Crippen LogP contribution is -2.14. The Morgan fingerprint density at radius 3 is 2.57 bits per heavy atom. The fraction of sp³-hybridized carbons (Fsp3) is 0.750. The van der Waals surface area contributed by atoms with Crippen LogP contribution in [0.25, 0.3) is 0 Å². The van der Waals surface area contributed by atoms with Gasteiger partial charge >= 0.3 is 0 Å². The highest BCUT2D eigenvalue weighted by Crippen LogP contribution is 2.26. The van der Waals surface area contributed by atoms with Crippen molar-refractivity contribution in [3.8, 4) is 0 Å². The molecule has 0 aliphatic heterocycles. The van der Waals surface area contributed by atoms with Crippen molar-refractivity contribution in [2.45, 2.75) is 52.9 Å². The second kappa shape index (κ2) is 4.16. The summed E-state index contributed by atoms with van der Waals surface area (Å²) < 4.78 is 0. The van der Waals surface area contributed by atoms with Crippen LogP contribution in [0.3, 0.4) is 0 Å². The monoisotopic (exact) mass is 194 g/mol. The van der Waals surface area contributed by atoms with E-state index in [2.05, 4.69) is 44.8 Å². The Labute approximate surface area is 87.1 Å². The van der Waals surface area contributed by atoms with Crippen molar-refractivity contribution in [1.29, 1.82) is 0 Å². The molecule has 0 aromatic carbocycles. The number of nitrogens with one attached hydrogen (secondary N) is 1. The Morgan fingerprint density at radius 1 is 1.43 bits per heavy atom. The summed E-state index contributed by atoms with van der Waals surface area (Å²) in [6, 6.07) is 0. The standard InChI is InChI=1S/C12H22N2/c1-6-9(2)7-11-10(8-13-14-11)12(3,4)5/h8-9H,6-7H2,1-5H3,(H,13,14). The van der Waals surface area contributed by atoms with Gasteiger partial charge in [-0.2, -0.15) is 5.10 Å². The van der Waals surface area contributed by atoms with E-state index in [0.717, 1.165) is 12.3 Å². The van der Waals surface area contributed by atoms with E-state index in [0.29, 0.717) is 0 Å². The number of rotatable bonds is 3. The normalized spacial score (nSPS) is 14.4. The van der Waals surface area contributed by atoms with Crippen molar-refractivity contribution in [1.82, 2.24) is 10.2 Å². The maximum Gasteiger partial charge on any atom is 0.0527 e. The first-order chi connectivity index (χ1) is 6.45. The molecule has 0 fully saturated rings. The minimum Gasteiger partial charge on any atom is -0.282 e. The lowest BCUT2D eigenvalue weighted by Gasteiger charge is -2.19. The SMILES string of the molecule is CCC(C)Cc1[nH]ncc1C(C)(C)C. The Balaban J connectivity index is 2.83. The van der Waals surface area contributed by atoms with Crippen LogP contribution < -0.4 is 0 Å². The summed E-state index contributed by atoms with van der Waals surface area (Å²) in [6.07, 6.45) is 4.31. The minimum atomic E-state index is 0.204. The second-order valence-corrected chi connectivity index (χ2v) is 5.23. The minimum absolute atomic E-state index is 0.204. The molecule has 1 atom stereocenters. The number of aromatic nitrogens is 2. The van der Waals surface area contributed by atoms with Crippen molar-refractivity contribution in [3.63, 3.8) is 0 Å². The third-order valence-electron chi connectivity index (χ3n) is 2.78. The van der Waals surface area contributed by atoms with Gasteiger partial charge in [-0.3, -0.25) is 5.10 Å². The molecule has 0 amide bonds. The summed E-state index contributed by atoms with van der Waals surface area (Å²) in [5.41, 5.74) is 2.88. The number of nitrogens with zero attached hydrogens (tertiary/aromatic N) is 1. The van der Waals surface area contributed by atoms with E-state index in [1.165, 1.54) is 17.7 Å². The summed E-state index contributed by atoms with van der Waals surface area (Å²) in [5.74, 6) is 0.733. The molecule has 1 rings (SSSR count). The first-order valence-electron chi connectivity index (χ1n) is 5.47. The van der Waals surface area contributed by atoms with Gasteiger partial charge < -0.3 is 0 Å². The van der Waals surface area contributed by atoms with E-state index in [4.69, 9.17) is 0 Å². The zero-order valence-corrected chi connectivity index (χ0v) is 10.0. The molecule has 2 heteroatoms. The van der Waals surface area contributed by atoms with Crippen LogP contribution >= 0.6 is 0 Å². The summed E-state index contributed by atoms with van der Waals surface area (Å²) in [4.78, 5) is 0. The molecule has 1 heterocycles. The van der Waals surface area contributed by atoms with Crippen LogP contribution in [-0.2, 0) is 11.8 Å². The van der Waals surface area contributed by atoms with Gasteiger partial charge in [0.1, 0.15) is 0 Å². The van der Waals surface area contributed by atoms with Gasteiger partial charge in [-0.05, 0) is 23.3 Å². The third kappa shape index (κ3) is 2.60. The Bertz CT molecular complexity index is 281. The van der Waals surface area contributed by atoms with Crippen molar-refractivity contribution in [2.75, 3.05) is 0 Å². The molecule has 2 nitrogen and oxygen atoms in total. The zero-order valence-electron chi connectivity index (χ0n) is 10.0. The topological polar surface area (TPSA) is 28.7 Å². The van der Waals surface area contributed by atoms with Gasteiger partial charge in [0.05, 0.1) is 6.20 Å². The van der Waals surface area contributed by atoms with E-state index in [1.807, 2.05) is 6.20 Å². The predicted molar refractivity (Wildman–Crippen MR) is 60.4 cm³/mol. The summed E-state index contributed by atoms with van der Waals surface area (Å²) >= 11 is 0. The molecule has 14 heavy (non-hydrogen) atoms. The first kappa shape index (κ1) is 11.3. The van der Waals surface area contributed by atoms with Crippen molar-refractivity contribution in [3.05, 3.63) is 17.5 Å². The highest BCUT2D eigenvalue weighted by molar-refractivity contribution is 5.24. The summed E-state index contributed by atoms with van der Waals surface area (Å²) in [7, 11) is 0. The number of hydrogen-bond acceptors (Lipinski definition) is 1. The lowest BCUT2D eigenvalue weighted by atomic mass is 9.85. The summed E-state index contributed by atoms with van der Waals surface area (Å²) in [5, 5.41) is 7.28. The van der Waals surface area contributed by atoms with Crippen molar-refractivity contribution in [2.24, 2.45) is 5.92 Å². The van der Waals surface area contributed by atoms with Crippen LogP contribution in [0.15, 0.2) is 6.20 Å². The fourth-order valence-electron chi connectivity index (χ4n) is 1.61. The molecule has 0 radical (unpaired) electrons. The molecule has 1 aromatic rings. The fourth-order valence-corrected chi connectivity index (χ4v) is 1.61. The Morgan fingerprint density at radius 2 is 2.07 bits per heavy atom. The van der Waals surface area contributed by atoms with E-state index < -0.39 is 0 Å². The maximum absolute atomic E-state index is 4.15.